The number of benzene rings is 4. The molecule has 46 heavy (non-hydrogen) atoms. The van der Waals surface area contributed by atoms with Crippen LogP contribution >= 0.6 is 68.0 Å². The topological polar surface area (TPSA) is 51.6 Å². The van der Waals surface area contributed by atoms with E-state index in [-0.39, 0.29) is 11.6 Å². The van der Waals surface area contributed by atoms with E-state index in [2.05, 4.69) is 48.5 Å². The lowest BCUT2D eigenvalue weighted by Gasteiger charge is -1.97. The average molecular weight is 709 g/mol. The molecule has 4 aromatic carbocycles. The molecule has 220 valence electrons. The number of halogens is 2. The molecule has 0 N–H and O–H groups in total. The fourth-order valence-corrected chi connectivity index (χ4v) is 11.7. The van der Waals surface area contributed by atoms with Gasteiger partial charge >= 0.3 is 0 Å². The van der Waals surface area contributed by atoms with E-state index in [1.165, 1.54) is 46.9 Å². The summed E-state index contributed by atoms with van der Waals surface area (Å²) in [5, 5.41) is 6.00. The van der Waals surface area contributed by atoms with Crippen molar-refractivity contribution in [2.24, 2.45) is 0 Å². The number of rotatable bonds is 4. The zero-order valence-electron chi connectivity index (χ0n) is 23.1. The monoisotopic (exact) mass is 708 g/mol. The SMILES string of the molecule is Fc1ccc2nc(-c3ccc(-c4nc5cc6cc7sc(-c8ccc(-c9nc%10ccc(F)cc%10s9)s8)nc7cc6cc5s4)s3)sc2c1. The number of thiophene rings is 2. The molecule has 6 aromatic heterocycles. The lowest BCUT2D eigenvalue weighted by Crippen LogP contribution is -1.76. The van der Waals surface area contributed by atoms with Gasteiger partial charge in [-0.15, -0.1) is 68.0 Å². The largest absolute Gasteiger partial charge is 0.235 e. The van der Waals surface area contributed by atoms with Crippen LogP contribution in [-0.4, -0.2) is 19.9 Å². The molecule has 4 nitrogen and oxygen atoms in total. The molecule has 0 fully saturated rings. The lowest BCUT2D eigenvalue weighted by atomic mass is 10.1. The van der Waals surface area contributed by atoms with Gasteiger partial charge in [0.25, 0.3) is 0 Å². The summed E-state index contributed by atoms with van der Waals surface area (Å²) in [6.45, 7) is 0. The minimum absolute atomic E-state index is 0.245. The van der Waals surface area contributed by atoms with E-state index in [0.717, 1.165) is 91.2 Å². The minimum Gasteiger partial charge on any atom is -0.235 e. The Labute approximate surface area is 282 Å². The fraction of sp³-hybridized carbons (Fsp3) is 0. The Morgan fingerprint density at radius 3 is 1.09 bits per heavy atom. The molecule has 0 radical (unpaired) electrons. The van der Waals surface area contributed by atoms with Gasteiger partial charge in [0.2, 0.25) is 0 Å². The summed E-state index contributed by atoms with van der Waals surface area (Å²) in [5.74, 6) is -0.490. The molecule has 0 aliphatic heterocycles. The summed E-state index contributed by atoms with van der Waals surface area (Å²) >= 11 is 9.69. The van der Waals surface area contributed by atoms with Gasteiger partial charge in [-0.2, -0.15) is 0 Å². The number of nitrogens with zero attached hydrogens (tertiary/aromatic N) is 4. The molecule has 6 heterocycles. The Bertz CT molecular complexity index is 2560. The Morgan fingerprint density at radius 2 is 0.696 bits per heavy atom. The third-order valence-corrected chi connectivity index (χ3v) is 14.5. The van der Waals surface area contributed by atoms with E-state index in [0.29, 0.717) is 0 Å². The van der Waals surface area contributed by atoms with Crippen LogP contribution in [0.25, 0.3) is 91.2 Å². The van der Waals surface area contributed by atoms with Gasteiger partial charge in [0.05, 0.1) is 60.4 Å². The summed E-state index contributed by atoms with van der Waals surface area (Å²) in [6.07, 6.45) is 0. The molecular formula is C34H14F2N4S6. The van der Waals surface area contributed by atoms with Crippen molar-refractivity contribution in [3.05, 3.63) is 96.6 Å². The van der Waals surface area contributed by atoms with Crippen molar-refractivity contribution >= 4 is 120 Å². The van der Waals surface area contributed by atoms with E-state index in [1.807, 2.05) is 0 Å². The highest BCUT2D eigenvalue weighted by atomic mass is 32.1. The van der Waals surface area contributed by atoms with E-state index in [9.17, 15) is 8.78 Å². The van der Waals surface area contributed by atoms with Gasteiger partial charge in [0, 0.05) is 0 Å². The van der Waals surface area contributed by atoms with Gasteiger partial charge in [0.1, 0.15) is 31.7 Å². The molecule has 12 heteroatoms. The Morgan fingerprint density at radius 1 is 0.348 bits per heavy atom. The molecular weight excluding hydrogens is 695 g/mol. The molecule has 0 bridgehead atoms. The number of hydrogen-bond acceptors (Lipinski definition) is 10. The van der Waals surface area contributed by atoms with Crippen molar-refractivity contribution in [2.75, 3.05) is 0 Å². The first-order valence-corrected chi connectivity index (χ1v) is 18.9. The molecule has 0 amide bonds. The number of thiazole rings is 4. The fourth-order valence-electron chi connectivity index (χ4n) is 5.45. The van der Waals surface area contributed by atoms with Crippen molar-refractivity contribution in [3.63, 3.8) is 0 Å². The van der Waals surface area contributed by atoms with Crippen LogP contribution in [-0.2, 0) is 0 Å². The first kappa shape index (κ1) is 27.1. The molecule has 0 saturated carbocycles. The summed E-state index contributed by atoms with van der Waals surface area (Å²) < 4.78 is 31.3. The Balaban J connectivity index is 0.968. The molecule has 0 atom stereocenters. The maximum atomic E-state index is 13.7. The van der Waals surface area contributed by atoms with Crippen LogP contribution in [0.15, 0.2) is 84.9 Å². The van der Waals surface area contributed by atoms with Crippen molar-refractivity contribution in [1.82, 2.24) is 19.9 Å². The first-order chi connectivity index (χ1) is 22.5. The summed E-state index contributed by atoms with van der Waals surface area (Å²) in [5.41, 5.74) is 3.57. The van der Waals surface area contributed by atoms with Crippen LogP contribution in [0.1, 0.15) is 0 Å². The van der Waals surface area contributed by atoms with Crippen LogP contribution < -0.4 is 0 Å². The van der Waals surface area contributed by atoms with Crippen LogP contribution in [0.2, 0.25) is 0 Å². The Hall–Kier alpha value is -4.04. The maximum absolute atomic E-state index is 13.7. The molecule has 10 rings (SSSR count). The number of aromatic nitrogens is 4. The molecule has 0 aliphatic carbocycles. The molecule has 0 spiro atoms. The van der Waals surface area contributed by atoms with Gasteiger partial charge in [-0.1, -0.05) is 0 Å². The van der Waals surface area contributed by atoms with Crippen molar-refractivity contribution < 1.29 is 8.78 Å². The normalized spacial score (nSPS) is 12.1. The molecule has 10 aromatic rings. The van der Waals surface area contributed by atoms with Crippen LogP contribution in [0.4, 0.5) is 8.78 Å². The zero-order chi connectivity index (χ0) is 30.5. The first-order valence-electron chi connectivity index (χ1n) is 14.0. The van der Waals surface area contributed by atoms with E-state index < -0.39 is 0 Å². The van der Waals surface area contributed by atoms with Gasteiger partial charge in [-0.3, -0.25) is 0 Å². The van der Waals surface area contributed by atoms with Crippen molar-refractivity contribution in [3.8, 4) is 39.5 Å². The predicted octanol–water partition coefficient (Wildman–Crippen LogP) is 12.3. The lowest BCUT2D eigenvalue weighted by molar-refractivity contribution is 0.629. The smallest absolute Gasteiger partial charge is 0.134 e. The van der Waals surface area contributed by atoms with Gasteiger partial charge in [-0.05, 0) is 95.7 Å². The molecule has 0 aliphatic rings. The summed E-state index contributed by atoms with van der Waals surface area (Å²) in [4.78, 5) is 23.7. The third kappa shape index (κ3) is 4.51. The highest BCUT2D eigenvalue weighted by molar-refractivity contribution is 7.30. The highest BCUT2D eigenvalue weighted by Gasteiger charge is 2.16. The predicted molar refractivity (Wildman–Crippen MR) is 194 cm³/mol. The van der Waals surface area contributed by atoms with E-state index in [1.54, 1.807) is 57.5 Å². The number of hydrogen-bond donors (Lipinski definition) is 0. The molecule has 0 saturated heterocycles. The Kier molecular flexibility index (Phi) is 6.03. The van der Waals surface area contributed by atoms with E-state index >= 15 is 0 Å². The minimum atomic E-state index is -0.245. The van der Waals surface area contributed by atoms with Crippen LogP contribution in [0.5, 0.6) is 0 Å². The average Bonchev–Trinajstić information content (AvgIpc) is 3.87. The second-order valence-electron chi connectivity index (χ2n) is 10.6. The van der Waals surface area contributed by atoms with Crippen molar-refractivity contribution in [2.45, 2.75) is 0 Å². The van der Waals surface area contributed by atoms with E-state index in [4.69, 9.17) is 19.9 Å². The summed E-state index contributed by atoms with van der Waals surface area (Å²) in [7, 11) is 0. The third-order valence-electron chi connectivity index (χ3n) is 7.61. The highest BCUT2D eigenvalue weighted by Crippen LogP contribution is 2.43. The maximum Gasteiger partial charge on any atom is 0.134 e. The van der Waals surface area contributed by atoms with Gasteiger partial charge in [-0.25, -0.2) is 28.7 Å². The van der Waals surface area contributed by atoms with Gasteiger partial charge in [0.15, 0.2) is 0 Å². The quantitative estimate of drug-likeness (QED) is 0.183. The molecule has 0 unspecified atom stereocenters. The number of fused-ring (bicyclic) bond motifs is 5. The standard InChI is InChI=1S/C34H14F2N4S6/c35-17-1-3-19-29(13-17)45-31(37-19)23-5-7-25(41-23)33-39-21-9-15-12-28-22(10-16(15)11-27(21)43-33)40-34(44-28)26-8-6-24(42-26)32-38-20-4-2-18(36)14-30(20)46-32/h1-14H. The second-order valence-corrected chi connectivity index (χ2v) is 16.9. The van der Waals surface area contributed by atoms with Crippen molar-refractivity contribution in [1.29, 1.82) is 0 Å². The van der Waals surface area contributed by atoms with Crippen LogP contribution in [0.3, 0.4) is 0 Å². The van der Waals surface area contributed by atoms with Crippen LogP contribution in [0, 0.1) is 11.6 Å². The summed E-state index contributed by atoms with van der Waals surface area (Å²) in [6, 6.07) is 26.5. The zero-order valence-corrected chi connectivity index (χ0v) is 28.0. The second kappa shape index (κ2) is 10.2. The van der Waals surface area contributed by atoms with Gasteiger partial charge < -0.3 is 0 Å².